The lowest BCUT2D eigenvalue weighted by Crippen LogP contribution is -2.07. The van der Waals surface area contributed by atoms with Crippen LogP contribution in [0, 0.1) is 13.8 Å². The average Bonchev–Trinajstić information content (AvgIpc) is 2.13. The van der Waals surface area contributed by atoms with Crippen LogP contribution in [-0.2, 0) is 0 Å². The highest BCUT2D eigenvalue weighted by molar-refractivity contribution is 6.34. The summed E-state index contributed by atoms with van der Waals surface area (Å²) in [6.07, 6.45) is 0. The van der Waals surface area contributed by atoms with Crippen molar-refractivity contribution in [3.8, 4) is 0 Å². The zero-order valence-corrected chi connectivity index (χ0v) is 8.92. The first-order valence-corrected chi connectivity index (χ1v) is 4.50. The maximum atomic E-state index is 10.8. The number of aromatic carboxylic acids is 2. The second-order valence-electron chi connectivity index (χ2n) is 3.15. The van der Waals surface area contributed by atoms with Gasteiger partial charge in [0.1, 0.15) is 0 Å². The van der Waals surface area contributed by atoms with Crippen LogP contribution in [-0.4, -0.2) is 22.2 Å². The molecule has 2 N–H and O–H groups in total. The first-order valence-electron chi connectivity index (χ1n) is 4.12. The summed E-state index contributed by atoms with van der Waals surface area (Å²) in [4.78, 5) is 21.6. The maximum absolute atomic E-state index is 10.8. The molecule has 0 saturated heterocycles. The summed E-state index contributed by atoms with van der Waals surface area (Å²) in [5.41, 5.74) is 0.748. The molecule has 1 aromatic carbocycles. The van der Waals surface area contributed by atoms with Gasteiger partial charge in [-0.2, -0.15) is 0 Å². The van der Waals surface area contributed by atoms with Gasteiger partial charge in [0.05, 0.1) is 16.1 Å². The number of rotatable bonds is 2. The number of halogens is 1. The van der Waals surface area contributed by atoms with E-state index in [1.165, 1.54) is 0 Å². The zero-order valence-electron chi connectivity index (χ0n) is 8.17. The van der Waals surface area contributed by atoms with Crippen molar-refractivity contribution in [2.75, 3.05) is 0 Å². The Labute approximate surface area is 91.1 Å². The van der Waals surface area contributed by atoms with Crippen molar-refractivity contribution in [3.05, 3.63) is 33.3 Å². The van der Waals surface area contributed by atoms with E-state index in [4.69, 9.17) is 21.8 Å². The molecule has 0 radical (unpaired) electrons. The summed E-state index contributed by atoms with van der Waals surface area (Å²) in [6.45, 7) is 3.19. The normalized spacial score (nSPS) is 10.1. The first-order chi connectivity index (χ1) is 6.86. The lowest BCUT2D eigenvalue weighted by molar-refractivity contribution is 0.0695. The van der Waals surface area contributed by atoms with Crippen LogP contribution in [0.15, 0.2) is 6.07 Å². The minimum atomic E-state index is -1.23. The largest absolute Gasteiger partial charge is 0.478 e. The molecule has 0 saturated carbocycles. The molecule has 0 aliphatic heterocycles. The predicted molar refractivity (Wildman–Crippen MR) is 54.8 cm³/mol. The monoisotopic (exact) mass is 228 g/mol. The molecule has 0 fully saturated rings. The Morgan fingerprint density at radius 1 is 1.07 bits per heavy atom. The van der Waals surface area contributed by atoms with E-state index in [0.29, 0.717) is 11.1 Å². The number of carboxylic acids is 2. The van der Waals surface area contributed by atoms with E-state index >= 15 is 0 Å². The van der Waals surface area contributed by atoms with Crippen LogP contribution < -0.4 is 0 Å². The van der Waals surface area contributed by atoms with Crippen molar-refractivity contribution in [1.29, 1.82) is 0 Å². The molecule has 1 aromatic rings. The summed E-state index contributed by atoms with van der Waals surface area (Å²) >= 11 is 5.80. The van der Waals surface area contributed by atoms with Gasteiger partial charge in [-0.25, -0.2) is 9.59 Å². The SMILES string of the molecule is Cc1c(C(=O)O)cc(C(=O)O)c(Cl)c1C. The van der Waals surface area contributed by atoms with E-state index in [1.54, 1.807) is 13.8 Å². The molecule has 0 bridgehead atoms. The van der Waals surface area contributed by atoms with E-state index in [0.717, 1.165) is 6.07 Å². The Morgan fingerprint density at radius 2 is 1.53 bits per heavy atom. The fourth-order valence-electron chi connectivity index (χ4n) is 1.26. The number of carboxylic acid groups (broad SMARTS) is 2. The predicted octanol–water partition coefficient (Wildman–Crippen LogP) is 2.35. The second kappa shape index (κ2) is 3.90. The number of benzene rings is 1. The Balaban J connectivity index is 3.59. The Kier molecular flexibility index (Phi) is 3.00. The third-order valence-corrected chi connectivity index (χ3v) is 2.77. The molecule has 1 rings (SSSR count). The van der Waals surface area contributed by atoms with Crippen molar-refractivity contribution in [1.82, 2.24) is 0 Å². The lowest BCUT2D eigenvalue weighted by Gasteiger charge is -2.09. The van der Waals surface area contributed by atoms with E-state index in [1.807, 2.05) is 0 Å². The van der Waals surface area contributed by atoms with Gasteiger partial charge >= 0.3 is 11.9 Å². The van der Waals surface area contributed by atoms with E-state index in [9.17, 15) is 9.59 Å². The summed E-state index contributed by atoms with van der Waals surface area (Å²) < 4.78 is 0. The van der Waals surface area contributed by atoms with Crippen molar-refractivity contribution >= 4 is 23.5 Å². The van der Waals surface area contributed by atoms with Gasteiger partial charge < -0.3 is 10.2 Å². The van der Waals surface area contributed by atoms with Gasteiger partial charge in [-0.1, -0.05) is 11.6 Å². The van der Waals surface area contributed by atoms with Crippen molar-refractivity contribution in [2.24, 2.45) is 0 Å². The molecule has 0 aromatic heterocycles. The molecule has 0 aliphatic rings. The summed E-state index contributed by atoms with van der Waals surface area (Å²) in [6, 6.07) is 1.08. The number of hydrogen-bond donors (Lipinski definition) is 2. The third-order valence-electron chi connectivity index (χ3n) is 2.28. The maximum Gasteiger partial charge on any atom is 0.337 e. The van der Waals surface area contributed by atoms with Gasteiger partial charge in [0.25, 0.3) is 0 Å². The molecule has 0 unspecified atom stereocenters. The van der Waals surface area contributed by atoms with Gasteiger partial charge in [-0.15, -0.1) is 0 Å². The van der Waals surface area contributed by atoms with Crippen LogP contribution in [0.2, 0.25) is 5.02 Å². The van der Waals surface area contributed by atoms with Gasteiger partial charge in [0.15, 0.2) is 0 Å². The highest BCUT2D eigenvalue weighted by atomic mass is 35.5. The van der Waals surface area contributed by atoms with Crippen LogP contribution >= 0.6 is 11.6 Å². The number of hydrogen-bond acceptors (Lipinski definition) is 2. The molecule has 0 aliphatic carbocycles. The first kappa shape index (κ1) is 11.5. The molecule has 15 heavy (non-hydrogen) atoms. The fourth-order valence-corrected chi connectivity index (χ4v) is 1.54. The standard InChI is InChI=1S/C10H9ClO4/c1-4-5(2)8(11)7(10(14)15)3-6(4)9(12)13/h3H,1-2H3,(H,12,13)(H,14,15). The van der Waals surface area contributed by atoms with Crippen LogP contribution in [0.3, 0.4) is 0 Å². The minimum absolute atomic E-state index is 0.0331. The molecular weight excluding hydrogens is 220 g/mol. The molecule has 0 atom stereocenters. The quantitative estimate of drug-likeness (QED) is 0.815. The molecule has 5 heteroatoms. The molecule has 0 amide bonds. The Bertz CT molecular complexity index is 413. The van der Waals surface area contributed by atoms with E-state index in [-0.39, 0.29) is 16.1 Å². The minimum Gasteiger partial charge on any atom is -0.478 e. The Hall–Kier alpha value is -1.55. The molecular formula is C10H9ClO4. The van der Waals surface area contributed by atoms with E-state index in [2.05, 4.69) is 0 Å². The molecule has 0 spiro atoms. The topological polar surface area (TPSA) is 74.6 Å². The van der Waals surface area contributed by atoms with Crippen LogP contribution in [0.5, 0.6) is 0 Å². The zero-order chi connectivity index (χ0) is 11.7. The second-order valence-corrected chi connectivity index (χ2v) is 3.52. The van der Waals surface area contributed by atoms with Crippen LogP contribution in [0.25, 0.3) is 0 Å². The summed E-state index contributed by atoms with van der Waals surface area (Å²) in [5, 5.41) is 17.7. The fraction of sp³-hybridized carbons (Fsp3) is 0.200. The van der Waals surface area contributed by atoms with Crippen molar-refractivity contribution < 1.29 is 19.8 Å². The van der Waals surface area contributed by atoms with Crippen LogP contribution in [0.1, 0.15) is 31.8 Å². The smallest absolute Gasteiger partial charge is 0.337 e. The Morgan fingerprint density at radius 3 is 1.93 bits per heavy atom. The summed E-state index contributed by atoms with van der Waals surface area (Å²) in [5.74, 6) is -2.39. The highest BCUT2D eigenvalue weighted by Crippen LogP contribution is 2.26. The third kappa shape index (κ3) is 1.94. The average molecular weight is 229 g/mol. The summed E-state index contributed by atoms with van der Waals surface area (Å²) in [7, 11) is 0. The van der Waals surface area contributed by atoms with E-state index < -0.39 is 11.9 Å². The number of carbonyl (C=O) groups is 2. The molecule has 0 heterocycles. The van der Waals surface area contributed by atoms with Gasteiger partial charge in [-0.3, -0.25) is 0 Å². The van der Waals surface area contributed by atoms with Crippen molar-refractivity contribution in [3.63, 3.8) is 0 Å². The highest BCUT2D eigenvalue weighted by Gasteiger charge is 2.18. The molecule has 80 valence electrons. The van der Waals surface area contributed by atoms with Crippen LogP contribution in [0.4, 0.5) is 0 Å². The van der Waals surface area contributed by atoms with Gasteiger partial charge in [0.2, 0.25) is 0 Å². The van der Waals surface area contributed by atoms with Crippen molar-refractivity contribution in [2.45, 2.75) is 13.8 Å². The lowest BCUT2D eigenvalue weighted by atomic mass is 9.99. The van der Waals surface area contributed by atoms with Gasteiger partial charge in [-0.05, 0) is 31.0 Å². The molecule has 4 nitrogen and oxygen atoms in total. The van der Waals surface area contributed by atoms with Gasteiger partial charge in [0, 0.05) is 0 Å².